The molecule has 0 saturated carbocycles. The van der Waals surface area contributed by atoms with Crippen LogP contribution in [0.15, 0.2) is 61.1 Å². The second-order valence-corrected chi connectivity index (χ2v) is 4.31. The summed E-state index contributed by atoms with van der Waals surface area (Å²) in [5, 5.41) is 0. The number of nitrogens with zero attached hydrogens (tertiary/aromatic N) is 2. The lowest BCUT2D eigenvalue weighted by Crippen LogP contribution is -2.21. The highest BCUT2D eigenvalue weighted by Gasteiger charge is 2.18. The molecule has 3 heteroatoms. The van der Waals surface area contributed by atoms with Gasteiger partial charge in [-0.25, -0.2) is 9.20 Å². The molecule has 0 N–H and O–H groups in total. The molecule has 0 spiro atoms. The van der Waals surface area contributed by atoms with Gasteiger partial charge in [-0.2, -0.15) is 4.57 Å². The van der Waals surface area contributed by atoms with Crippen LogP contribution in [0.4, 0.5) is 0 Å². The summed E-state index contributed by atoms with van der Waals surface area (Å²) in [7, 11) is 0. The summed E-state index contributed by atoms with van der Waals surface area (Å²) in [6, 6.07) is 13.3. The molecule has 1 aromatic carbocycles. The average molecular weight is 237 g/mol. The normalized spacial score (nSPS) is 10.7. The summed E-state index contributed by atoms with van der Waals surface area (Å²) < 4.78 is 3.61. The van der Waals surface area contributed by atoms with Gasteiger partial charge < -0.3 is 0 Å². The fourth-order valence-corrected chi connectivity index (χ4v) is 2.03. The van der Waals surface area contributed by atoms with Crippen LogP contribution in [-0.4, -0.2) is 10.5 Å². The molecule has 0 aliphatic heterocycles. The lowest BCUT2D eigenvalue weighted by Gasteiger charge is -1.97. The molecule has 88 valence electrons. The summed E-state index contributed by atoms with van der Waals surface area (Å²) >= 11 is 0. The van der Waals surface area contributed by atoms with E-state index < -0.39 is 0 Å². The summed E-state index contributed by atoms with van der Waals surface area (Å²) in [4.78, 5) is 12.4. The van der Waals surface area contributed by atoms with Crippen LogP contribution in [0, 0.1) is 6.92 Å². The third-order valence-corrected chi connectivity index (χ3v) is 2.98. The Bertz CT molecular complexity index is 714. The quantitative estimate of drug-likeness (QED) is 0.596. The Morgan fingerprint density at radius 2 is 1.89 bits per heavy atom. The fourth-order valence-electron chi connectivity index (χ4n) is 2.03. The Morgan fingerprint density at radius 3 is 2.67 bits per heavy atom. The summed E-state index contributed by atoms with van der Waals surface area (Å²) in [6.07, 6.45) is 5.64. The van der Waals surface area contributed by atoms with Crippen LogP contribution in [0.1, 0.15) is 15.9 Å². The van der Waals surface area contributed by atoms with Gasteiger partial charge in [-0.1, -0.05) is 18.2 Å². The van der Waals surface area contributed by atoms with Crippen LogP contribution in [0.2, 0.25) is 0 Å². The van der Waals surface area contributed by atoms with Crippen molar-refractivity contribution >= 4 is 11.6 Å². The SMILES string of the molecule is Cc1cc[n+]2ccn(C(=O)c3ccccc3)c2c1. The number of benzene rings is 1. The smallest absolute Gasteiger partial charge is 0.240 e. The predicted molar refractivity (Wildman–Crippen MR) is 68.5 cm³/mol. The first-order valence-corrected chi connectivity index (χ1v) is 5.84. The van der Waals surface area contributed by atoms with Crippen LogP contribution in [0.5, 0.6) is 0 Å². The van der Waals surface area contributed by atoms with E-state index in [0.717, 1.165) is 11.2 Å². The van der Waals surface area contributed by atoms with Gasteiger partial charge >= 0.3 is 5.91 Å². The highest BCUT2D eigenvalue weighted by atomic mass is 16.2. The molecule has 0 amide bonds. The number of rotatable bonds is 1. The van der Waals surface area contributed by atoms with E-state index in [9.17, 15) is 4.79 Å². The van der Waals surface area contributed by atoms with E-state index in [0.29, 0.717) is 5.56 Å². The summed E-state index contributed by atoms with van der Waals surface area (Å²) in [6.45, 7) is 2.02. The molecule has 0 aliphatic carbocycles. The van der Waals surface area contributed by atoms with Crippen molar-refractivity contribution < 1.29 is 9.20 Å². The number of carbonyl (C=O) groups is 1. The molecule has 3 rings (SSSR count). The van der Waals surface area contributed by atoms with E-state index >= 15 is 0 Å². The monoisotopic (exact) mass is 237 g/mol. The second-order valence-electron chi connectivity index (χ2n) is 4.31. The molecule has 0 aliphatic rings. The Hall–Kier alpha value is -2.42. The Morgan fingerprint density at radius 1 is 1.11 bits per heavy atom. The number of pyridine rings is 1. The first-order chi connectivity index (χ1) is 8.75. The van der Waals surface area contributed by atoms with Crippen molar-refractivity contribution in [1.82, 2.24) is 4.57 Å². The zero-order valence-electron chi connectivity index (χ0n) is 10.1. The van der Waals surface area contributed by atoms with Crippen LogP contribution in [-0.2, 0) is 0 Å². The summed E-state index contributed by atoms with van der Waals surface area (Å²) in [5.41, 5.74) is 2.71. The lowest BCUT2D eigenvalue weighted by molar-refractivity contribution is -0.510. The first kappa shape index (κ1) is 10.7. The predicted octanol–water partition coefficient (Wildman–Crippen LogP) is 2.22. The number of hydrogen-bond acceptors (Lipinski definition) is 1. The van der Waals surface area contributed by atoms with E-state index in [1.54, 1.807) is 10.8 Å². The van der Waals surface area contributed by atoms with Crippen molar-refractivity contribution in [3.05, 3.63) is 72.2 Å². The highest BCUT2D eigenvalue weighted by molar-refractivity contribution is 5.97. The van der Waals surface area contributed by atoms with Crippen LogP contribution in [0.25, 0.3) is 5.65 Å². The van der Waals surface area contributed by atoms with Gasteiger partial charge in [-0.15, -0.1) is 0 Å². The molecule has 0 radical (unpaired) electrons. The van der Waals surface area contributed by atoms with E-state index in [2.05, 4.69) is 0 Å². The number of hydrogen-bond donors (Lipinski definition) is 0. The van der Waals surface area contributed by atoms with Gasteiger partial charge in [0.25, 0.3) is 5.65 Å². The van der Waals surface area contributed by atoms with Gasteiger partial charge in [0.1, 0.15) is 12.4 Å². The van der Waals surface area contributed by atoms with E-state index in [1.807, 2.05) is 66.2 Å². The molecule has 2 heterocycles. The van der Waals surface area contributed by atoms with Crippen molar-refractivity contribution in [1.29, 1.82) is 0 Å². The minimum absolute atomic E-state index is 0.0105. The Kier molecular flexibility index (Phi) is 2.45. The average Bonchev–Trinajstić information content (AvgIpc) is 2.82. The maximum Gasteiger partial charge on any atom is 0.346 e. The maximum atomic E-state index is 12.4. The Labute approximate surface area is 105 Å². The van der Waals surface area contributed by atoms with Crippen molar-refractivity contribution in [3.63, 3.8) is 0 Å². The molecular formula is C15H13N2O+. The molecule has 18 heavy (non-hydrogen) atoms. The molecule has 2 aromatic heterocycles. The Balaban J connectivity index is 2.15. The lowest BCUT2D eigenvalue weighted by atomic mass is 10.2. The van der Waals surface area contributed by atoms with Crippen LogP contribution in [0.3, 0.4) is 0 Å². The molecule has 0 fully saturated rings. The molecule has 0 bridgehead atoms. The largest absolute Gasteiger partial charge is 0.346 e. The minimum Gasteiger partial charge on any atom is -0.240 e. The van der Waals surface area contributed by atoms with Crippen molar-refractivity contribution in [2.75, 3.05) is 0 Å². The third kappa shape index (κ3) is 1.70. The molecule has 3 nitrogen and oxygen atoms in total. The van der Waals surface area contributed by atoms with Gasteiger partial charge in [0.05, 0.1) is 11.8 Å². The molecule has 0 unspecified atom stereocenters. The van der Waals surface area contributed by atoms with Gasteiger partial charge in [0.15, 0.2) is 0 Å². The van der Waals surface area contributed by atoms with E-state index in [4.69, 9.17) is 0 Å². The van der Waals surface area contributed by atoms with E-state index in [1.165, 1.54) is 0 Å². The van der Waals surface area contributed by atoms with Crippen molar-refractivity contribution in [2.24, 2.45) is 0 Å². The van der Waals surface area contributed by atoms with Gasteiger partial charge in [0, 0.05) is 6.07 Å². The van der Waals surface area contributed by atoms with E-state index in [-0.39, 0.29) is 5.91 Å². The van der Waals surface area contributed by atoms with Gasteiger partial charge in [0.2, 0.25) is 0 Å². The van der Waals surface area contributed by atoms with Crippen molar-refractivity contribution in [2.45, 2.75) is 6.92 Å². The highest BCUT2D eigenvalue weighted by Crippen LogP contribution is 2.07. The number of carbonyl (C=O) groups excluding carboxylic acids is 1. The summed E-state index contributed by atoms with van der Waals surface area (Å²) in [5.74, 6) is -0.0105. The van der Waals surface area contributed by atoms with Crippen LogP contribution < -0.4 is 4.40 Å². The fraction of sp³-hybridized carbons (Fsp3) is 0.0667. The van der Waals surface area contributed by atoms with Gasteiger partial charge in [-0.3, -0.25) is 0 Å². The number of imidazole rings is 1. The minimum atomic E-state index is -0.0105. The number of aromatic nitrogens is 2. The standard InChI is InChI=1S/C15H13N2O/c1-12-7-8-16-9-10-17(14(16)11-12)15(18)13-5-3-2-4-6-13/h2-11H,1H3/q+1. The molecular weight excluding hydrogens is 224 g/mol. The third-order valence-electron chi connectivity index (χ3n) is 2.98. The number of aryl methyl sites for hydroxylation is 1. The topological polar surface area (TPSA) is 26.1 Å². The number of fused-ring (bicyclic) bond motifs is 1. The second kappa shape index (κ2) is 4.11. The van der Waals surface area contributed by atoms with Gasteiger partial charge in [-0.05, 0) is 30.7 Å². The maximum absolute atomic E-state index is 12.4. The first-order valence-electron chi connectivity index (χ1n) is 5.84. The zero-order valence-corrected chi connectivity index (χ0v) is 10.1. The van der Waals surface area contributed by atoms with Crippen molar-refractivity contribution in [3.8, 4) is 0 Å². The van der Waals surface area contributed by atoms with Crippen LogP contribution >= 0.6 is 0 Å². The molecule has 0 atom stereocenters. The zero-order chi connectivity index (χ0) is 12.5. The molecule has 0 saturated heterocycles. The molecule has 3 aromatic rings.